The number of nitrogens with zero attached hydrogens (tertiary/aromatic N) is 1. The summed E-state index contributed by atoms with van der Waals surface area (Å²) in [6.07, 6.45) is 0.774. The second-order valence-electron chi connectivity index (χ2n) is 7.95. The number of carbonyl (C=O) groups is 3. The first-order valence-corrected chi connectivity index (χ1v) is 11.2. The summed E-state index contributed by atoms with van der Waals surface area (Å²) in [5.41, 5.74) is 0.947. The number of thiophene rings is 1. The molecule has 0 aliphatic carbocycles. The summed E-state index contributed by atoms with van der Waals surface area (Å²) >= 11 is 1.40. The fourth-order valence-electron chi connectivity index (χ4n) is 4.41. The highest BCUT2D eigenvalue weighted by atomic mass is 32.1. The predicted octanol–water partition coefficient (Wildman–Crippen LogP) is 3.67. The van der Waals surface area contributed by atoms with Crippen LogP contribution in [0.4, 0.5) is 0 Å². The molecule has 2 aromatic carbocycles. The smallest absolute Gasteiger partial charge is 0.262 e. The Morgan fingerprint density at radius 2 is 1.79 bits per heavy atom. The van der Waals surface area contributed by atoms with Crippen molar-refractivity contribution in [1.29, 1.82) is 0 Å². The minimum Gasteiger partial charge on any atom is -0.368 e. The molecule has 3 atom stereocenters. The normalized spacial score (nSPS) is 19.4. The number of ketones is 1. The molecular weight excluding hydrogens is 488 g/mol. The highest BCUT2D eigenvalue weighted by Crippen LogP contribution is 2.28. The molecule has 0 unspecified atom stereocenters. The van der Waals surface area contributed by atoms with E-state index in [0.29, 0.717) is 24.3 Å². The third-order valence-electron chi connectivity index (χ3n) is 5.93. The van der Waals surface area contributed by atoms with Gasteiger partial charge in [0.2, 0.25) is 5.91 Å². The summed E-state index contributed by atoms with van der Waals surface area (Å²) in [5.74, 6) is -0.574. The Balaban J connectivity index is 0.00000136. The van der Waals surface area contributed by atoms with E-state index in [0.717, 1.165) is 15.6 Å². The number of hydrogen-bond acceptors (Lipinski definition) is 5. The fraction of sp³-hybridized carbons (Fsp3) is 0.320. The van der Waals surface area contributed by atoms with Gasteiger partial charge in [-0.15, -0.1) is 11.3 Å². The van der Waals surface area contributed by atoms with E-state index < -0.39 is 12.1 Å². The van der Waals surface area contributed by atoms with Crippen LogP contribution in [0.2, 0.25) is 0 Å². The summed E-state index contributed by atoms with van der Waals surface area (Å²) in [6.45, 7) is 0.514. The summed E-state index contributed by atoms with van der Waals surface area (Å²) < 4.78 is 6.55. The van der Waals surface area contributed by atoms with E-state index in [-0.39, 0.29) is 64.7 Å². The molecule has 3 aromatic rings. The summed E-state index contributed by atoms with van der Waals surface area (Å²) in [4.78, 5) is 41.0. The first kappa shape index (κ1) is 27.9. The average Bonchev–Trinajstić information content (AvgIpc) is 3.49. The standard InChI is InChI=1S/C24H22N2O4S.CH4.2H2S/c27-18-14-30-19-10-11-26(22(18)19)24(29)17(12-15-6-2-1-3-7-15)25-23(28)21-13-16-8-4-5-9-20(16)31-21;;;/h1-9,13,17,19,22H,10-12,14H2,(H,25,28);1H4;2*1H2/t17-,19+,22+;;;/m0.../s1. The number of Topliss-reactive ketones (excluding diaryl/α,β-unsaturated/α-hetero) is 1. The minimum atomic E-state index is -0.757. The number of rotatable bonds is 5. The third-order valence-corrected chi connectivity index (χ3v) is 7.05. The quantitative estimate of drug-likeness (QED) is 0.559. The van der Waals surface area contributed by atoms with Crippen LogP contribution in [-0.2, 0) is 20.7 Å². The Bertz CT molecular complexity index is 1120. The zero-order chi connectivity index (χ0) is 21.4. The summed E-state index contributed by atoms with van der Waals surface area (Å²) in [6, 6.07) is 18.0. The maximum atomic E-state index is 13.5. The predicted molar refractivity (Wildman–Crippen MR) is 146 cm³/mol. The molecule has 1 aromatic heterocycles. The highest BCUT2D eigenvalue weighted by molar-refractivity contribution is 7.59. The van der Waals surface area contributed by atoms with Crippen LogP contribution in [0.3, 0.4) is 0 Å². The van der Waals surface area contributed by atoms with Gasteiger partial charge in [0.1, 0.15) is 18.7 Å². The van der Waals surface area contributed by atoms with E-state index >= 15 is 0 Å². The second kappa shape index (κ2) is 11.9. The van der Waals surface area contributed by atoms with Crippen molar-refractivity contribution in [1.82, 2.24) is 10.2 Å². The number of benzene rings is 2. The van der Waals surface area contributed by atoms with Crippen molar-refractivity contribution < 1.29 is 19.1 Å². The van der Waals surface area contributed by atoms with E-state index in [9.17, 15) is 14.4 Å². The molecule has 0 saturated carbocycles. The van der Waals surface area contributed by atoms with Gasteiger partial charge in [0.15, 0.2) is 5.78 Å². The van der Waals surface area contributed by atoms with Gasteiger partial charge in [0.25, 0.3) is 5.91 Å². The number of ether oxygens (including phenoxy) is 1. The Kier molecular flexibility index (Phi) is 9.75. The maximum Gasteiger partial charge on any atom is 0.262 e. The molecule has 6 nitrogen and oxygen atoms in total. The molecule has 1 N–H and O–H groups in total. The molecule has 3 heterocycles. The zero-order valence-corrected chi connectivity index (χ0v) is 20.6. The zero-order valence-electron chi connectivity index (χ0n) is 17.8. The molecule has 182 valence electrons. The lowest BCUT2D eigenvalue weighted by molar-refractivity contribution is -0.138. The molecule has 9 heteroatoms. The van der Waals surface area contributed by atoms with E-state index in [1.165, 1.54) is 11.3 Å². The Morgan fingerprint density at radius 1 is 1.09 bits per heavy atom. The number of fused-ring (bicyclic) bond motifs is 2. The number of carbonyl (C=O) groups excluding carboxylic acids is 3. The lowest BCUT2D eigenvalue weighted by atomic mass is 10.0. The van der Waals surface area contributed by atoms with Crippen LogP contribution in [0.15, 0.2) is 60.7 Å². The molecule has 2 aliphatic heterocycles. The van der Waals surface area contributed by atoms with E-state index in [1.807, 2.05) is 60.7 Å². The minimum absolute atomic E-state index is 0. The van der Waals surface area contributed by atoms with Gasteiger partial charge in [-0.2, -0.15) is 27.0 Å². The van der Waals surface area contributed by atoms with Crippen molar-refractivity contribution >= 4 is 66.0 Å². The Hall–Kier alpha value is -2.33. The van der Waals surface area contributed by atoms with Crippen LogP contribution < -0.4 is 5.32 Å². The van der Waals surface area contributed by atoms with Gasteiger partial charge >= 0.3 is 0 Å². The van der Waals surface area contributed by atoms with Crippen molar-refractivity contribution in [2.24, 2.45) is 0 Å². The topological polar surface area (TPSA) is 75.7 Å². The molecule has 2 saturated heterocycles. The number of hydrogen-bond donors (Lipinski definition) is 1. The average molecular weight is 519 g/mol. The molecule has 5 rings (SSSR count). The van der Waals surface area contributed by atoms with Crippen molar-refractivity contribution in [3.63, 3.8) is 0 Å². The Labute approximate surface area is 217 Å². The highest BCUT2D eigenvalue weighted by Gasteiger charge is 2.48. The van der Waals surface area contributed by atoms with Gasteiger partial charge in [-0.25, -0.2) is 0 Å². The van der Waals surface area contributed by atoms with E-state index in [1.54, 1.807) is 4.90 Å². The van der Waals surface area contributed by atoms with Crippen molar-refractivity contribution in [2.75, 3.05) is 13.2 Å². The van der Waals surface area contributed by atoms with Gasteiger partial charge in [-0.1, -0.05) is 56.0 Å². The monoisotopic (exact) mass is 518 g/mol. The fourth-order valence-corrected chi connectivity index (χ4v) is 5.38. The van der Waals surface area contributed by atoms with Crippen molar-refractivity contribution in [2.45, 2.75) is 38.5 Å². The van der Waals surface area contributed by atoms with Gasteiger partial charge in [-0.3, -0.25) is 14.4 Å². The third kappa shape index (κ3) is 5.49. The lowest BCUT2D eigenvalue weighted by Crippen LogP contribution is -2.53. The van der Waals surface area contributed by atoms with Crippen molar-refractivity contribution in [3.8, 4) is 0 Å². The molecule has 0 bridgehead atoms. The molecular formula is C25H30N2O4S3. The van der Waals surface area contributed by atoms with Gasteiger partial charge in [0, 0.05) is 17.7 Å². The molecule has 2 amide bonds. The number of nitrogens with one attached hydrogen (secondary N) is 1. The summed E-state index contributed by atoms with van der Waals surface area (Å²) in [5, 5.41) is 3.94. The number of amides is 2. The Morgan fingerprint density at radius 3 is 2.53 bits per heavy atom. The molecule has 0 radical (unpaired) electrons. The van der Waals surface area contributed by atoms with Gasteiger partial charge in [-0.05, 0) is 29.5 Å². The van der Waals surface area contributed by atoms with Crippen LogP contribution in [0.25, 0.3) is 10.1 Å². The molecule has 2 aliphatic rings. The largest absolute Gasteiger partial charge is 0.368 e. The molecule has 34 heavy (non-hydrogen) atoms. The van der Waals surface area contributed by atoms with Crippen LogP contribution in [0, 0.1) is 0 Å². The lowest BCUT2D eigenvalue weighted by Gasteiger charge is -2.27. The van der Waals surface area contributed by atoms with Crippen LogP contribution >= 0.6 is 38.3 Å². The van der Waals surface area contributed by atoms with Gasteiger partial charge in [0.05, 0.1) is 11.0 Å². The van der Waals surface area contributed by atoms with Crippen LogP contribution in [0.1, 0.15) is 29.1 Å². The van der Waals surface area contributed by atoms with Crippen LogP contribution in [-0.4, -0.2) is 53.8 Å². The first-order chi connectivity index (χ1) is 15.1. The number of likely N-dealkylation sites (tertiary alicyclic amines) is 1. The first-order valence-electron chi connectivity index (χ1n) is 10.4. The van der Waals surface area contributed by atoms with E-state index in [2.05, 4.69) is 5.32 Å². The summed E-state index contributed by atoms with van der Waals surface area (Å²) in [7, 11) is 0. The second-order valence-corrected chi connectivity index (χ2v) is 9.03. The molecule has 2 fully saturated rings. The van der Waals surface area contributed by atoms with Gasteiger partial charge < -0.3 is 15.0 Å². The van der Waals surface area contributed by atoms with E-state index in [4.69, 9.17) is 4.74 Å². The van der Waals surface area contributed by atoms with Crippen LogP contribution in [0.5, 0.6) is 0 Å². The molecule has 0 spiro atoms. The SMILES string of the molecule is C.O=C(N[C@@H](Cc1ccccc1)C(=O)N1CC[C@H]2OCC(=O)[C@H]21)c1cc2ccccc2s1.S.S. The van der Waals surface area contributed by atoms with Crippen molar-refractivity contribution in [3.05, 3.63) is 71.1 Å². The maximum absolute atomic E-state index is 13.5.